The van der Waals surface area contributed by atoms with Crippen molar-refractivity contribution in [2.75, 3.05) is 13.2 Å². The van der Waals surface area contributed by atoms with Crippen LogP contribution in [0.4, 0.5) is 0 Å². The van der Waals surface area contributed by atoms with Gasteiger partial charge in [0.15, 0.2) is 0 Å². The molecule has 5 heteroatoms. The lowest BCUT2D eigenvalue weighted by atomic mass is 10.2. The third-order valence-electron chi connectivity index (χ3n) is 3.79. The first-order chi connectivity index (χ1) is 13.3. The first-order valence-electron chi connectivity index (χ1n) is 8.82. The van der Waals surface area contributed by atoms with Crippen LogP contribution >= 0.6 is 11.3 Å². The third kappa shape index (κ3) is 5.28. The van der Waals surface area contributed by atoms with Crippen LogP contribution in [-0.2, 0) is 0 Å². The van der Waals surface area contributed by atoms with Gasteiger partial charge in [-0.2, -0.15) is 0 Å². The second-order valence-corrected chi connectivity index (χ2v) is 6.70. The van der Waals surface area contributed by atoms with Gasteiger partial charge in [0.2, 0.25) is 0 Å². The summed E-state index contributed by atoms with van der Waals surface area (Å²) >= 11 is 1.57. The molecule has 0 bridgehead atoms. The second kappa shape index (κ2) is 9.69. The van der Waals surface area contributed by atoms with E-state index in [1.807, 2.05) is 86.7 Å². The molecule has 0 atom stereocenters. The van der Waals surface area contributed by atoms with E-state index in [1.165, 1.54) is 0 Å². The van der Waals surface area contributed by atoms with Gasteiger partial charge in [0.05, 0.1) is 0 Å². The molecule has 0 saturated carbocycles. The summed E-state index contributed by atoms with van der Waals surface area (Å²) in [4.78, 5) is 0. The molecule has 0 saturated heterocycles. The van der Waals surface area contributed by atoms with Crippen molar-refractivity contribution < 1.29 is 9.47 Å². The summed E-state index contributed by atoms with van der Waals surface area (Å²) < 4.78 is 11.2. The maximum atomic E-state index is 5.62. The number of benzene rings is 2. The lowest BCUT2D eigenvalue weighted by Crippen LogP contribution is -1.92. The number of rotatable bonds is 8. The Hall–Kier alpha value is -2.92. The van der Waals surface area contributed by atoms with E-state index in [0.717, 1.165) is 32.6 Å². The van der Waals surface area contributed by atoms with Crippen molar-refractivity contribution in [3.63, 3.8) is 0 Å². The van der Waals surface area contributed by atoms with Crippen LogP contribution in [0, 0.1) is 0 Å². The Kier molecular flexibility index (Phi) is 6.77. The minimum absolute atomic E-state index is 0.577. The molecule has 4 nitrogen and oxygen atoms in total. The molecule has 0 aliphatic rings. The molecule has 0 radical (unpaired) electrons. The molecular weight excluding hydrogens is 356 g/mol. The smallest absolute Gasteiger partial charge is 0.148 e. The fourth-order valence-electron chi connectivity index (χ4n) is 2.33. The first kappa shape index (κ1) is 18.9. The zero-order valence-electron chi connectivity index (χ0n) is 15.5. The highest BCUT2D eigenvalue weighted by atomic mass is 32.1. The number of allylic oxidation sites excluding steroid dienone is 2. The van der Waals surface area contributed by atoms with Crippen molar-refractivity contribution >= 4 is 11.3 Å². The van der Waals surface area contributed by atoms with E-state index < -0.39 is 0 Å². The van der Waals surface area contributed by atoms with E-state index in [1.54, 1.807) is 11.3 Å². The number of aromatic nitrogens is 2. The Morgan fingerprint density at radius 1 is 0.704 bits per heavy atom. The van der Waals surface area contributed by atoms with Gasteiger partial charge in [0.25, 0.3) is 0 Å². The van der Waals surface area contributed by atoms with Crippen molar-refractivity contribution in [3.8, 4) is 32.6 Å². The van der Waals surface area contributed by atoms with Gasteiger partial charge in [-0.3, -0.25) is 0 Å². The minimum Gasteiger partial charge on any atom is -0.490 e. The van der Waals surface area contributed by atoms with Crippen molar-refractivity contribution in [3.05, 3.63) is 72.8 Å². The summed E-state index contributed by atoms with van der Waals surface area (Å²) in [7, 11) is 0. The largest absolute Gasteiger partial charge is 0.490 e. The monoisotopic (exact) mass is 378 g/mol. The zero-order chi connectivity index (χ0) is 18.9. The Morgan fingerprint density at radius 2 is 1.11 bits per heavy atom. The predicted octanol–water partition coefficient (Wildman–Crippen LogP) is 5.78. The topological polar surface area (TPSA) is 44.2 Å². The van der Waals surface area contributed by atoms with E-state index in [0.29, 0.717) is 13.2 Å². The van der Waals surface area contributed by atoms with Gasteiger partial charge in [0, 0.05) is 11.1 Å². The van der Waals surface area contributed by atoms with Gasteiger partial charge in [-0.05, 0) is 62.4 Å². The maximum absolute atomic E-state index is 5.62. The van der Waals surface area contributed by atoms with Gasteiger partial charge < -0.3 is 9.47 Å². The fourth-order valence-corrected chi connectivity index (χ4v) is 3.18. The molecule has 0 amide bonds. The van der Waals surface area contributed by atoms with Gasteiger partial charge in [-0.1, -0.05) is 35.6 Å². The fraction of sp³-hybridized carbons (Fsp3) is 0.182. The molecule has 0 aliphatic carbocycles. The minimum atomic E-state index is 0.577. The van der Waals surface area contributed by atoms with E-state index in [-0.39, 0.29) is 0 Å². The maximum Gasteiger partial charge on any atom is 0.148 e. The van der Waals surface area contributed by atoms with E-state index in [4.69, 9.17) is 9.47 Å². The first-order valence-corrected chi connectivity index (χ1v) is 9.64. The number of ether oxygens (including phenoxy) is 2. The summed E-state index contributed by atoms with van der Waals surface area (Å²) in [5.74, 6) is 1.69. The van der Waals surface area contributed by atoms with E-state index in [9.17, 15) is 0 Å². The van der Waals surface area contributed by atoms with Crippen molar-refractivity contribution in [1.82, 2.24) is 10.2 Å². The lowest BCUT2D eigenvalue weighted by Gasteiger charge is -2.03. The van der Waals surface area contributed by atoms with Crippen LogP contribution in [0.3, 0.4) is 0 Å². The zero-order valence-corrected chi connectivity index (χ0v) is 16.3. The van der Waals surface area contributed by atoms with Crippen LogP contribution in [-0.4, -0.2) is 23.4 Å². The average molecular weight is 378 g/mol. The summed E-state index contributed by atoms with van der Waals surface area (Å²) in [6.45, 7) is 5.11. The number of hydrogen-bond acceptors (Lipinski definition) is 5. The standard InChI is InChI=1S/C22H22N2O2S/c1-3-5-15-25-19-11-7-17(8-12-19)21-23-24-22(27-21)18-9-13-20(14-10-18)26-16-6-4-2/h3-14H,15-16H2,1-2H3. The lowest BCUT2D eigenvalue weighted by molar-refractivity contribution is 0.362. The predicted molar refractivity (Wildman–Crippen MR) is 111 cm³/mol. The van der Waals surface area contributed by atoms with Crippen molar-refractivity contribution in [2.24, 2.45) is 0 Å². The molecule has 3 rings (SSSR count). The van der Waals surface area contributed by atoms with Crippen molar-refractivity contribution in [1.29, 1.82) is 0 Å². The molecule has 2 aromatic carbocycles. The molecule has 27 heavy (non-hydrogen) atoms. The molecule has 1 heterocycles. The van der Waals surface area contributed by atoms with Gasteiger partial charge in [-0.15, -0.1) is 10.2 Å². The quantitative estimate of drug-likeness (QED) is 0.466. The van der Waals surface area contributed by atoms with Crippen LogP contribution in [0.25, 0.3) is 21.1 Å². The highest BCUT2D eigenvalue weighted by Crippen LogP contribution is 2.31. The molecule has 0 aliphatic heterocycles. The van der Waals surface area contributed by atoms with Crippen LogP contribution in [0.15, 0.2) is 72.8 Å². The Balaban J connectivity index is 1.67. The summed E-state index contributed by atoms with van der Waals surface area (Å²) in [6, 6.07) is 15.9. The van der Waals surface area contributed by atoms with Crippen LogP contribution in [0.5, 0.6) is 11.5 Å². The molecule has 3 aromatic rings. The van der Waals surface area contributed by atoms with Gasteiger partial charge in [0.1, 0.15) is 34.7 Å². The molecule has 1 aromatic heterocycles. The molecule has 0 N–H and O–H groups in total. The number of hydrogen-bond donors (Lipinski definition) is 0. The van der Waals surface area contributed by atoms with Crippen LogP contribution in [0.1, 0.15) is 13.8 Å². The highest BCUT2D eigenvalue weighted by molar-refractivity contribution is 7.17. The highest BCUT2D eigenvalue weighted by Gasteiger charge is 2.09. The molecule has 0 spiro atoms. The van der Waals surface area contributed by atoms with Crippen LogP contribution in [0.2, 0.25) is 0 Å². The normalized spacial score (nSPS) is 11.3. The van der Waals surface area contributed by atoms with E-state index in [2.05, 4.69) is 10.2 Å². The van der Waals surface area contributed by atoms with E-state index >= 15 is 0 Å². The van der Waals surface area contributed by atoms with Gasteiger partial charge >= 0.3 is 0 Å². The molecule has 0 unspecified atom stereocenters. The summed E-state index contributed by atoms with van der Waals surface area (Å²) in [5, 5.41) is 10.4. The third-order valence-corrected chi connectivity index (χ3v) is 4.81. The SMILES string of the molecule is CC=CCOc1ccc(-c2nnc(-c3ccc(OCC=CC)cc3)s2)cc1. The number of nitrogens with zero attached hydrogens (tertiary/aromatic N) is 2. The van der Waals surface area contributed by atoms with Crippen LogP contribution < -0.4 is 9.47 Å². The van der Waals surface area contributed by atoms with Crippen molar-refractivity contribution in [2.45, 2.75) is 13.8 Å². The molecule has 0 fully saturated rings. The Bertz CT molecular complexity index is 823. The second-order valence-electron chi connectivity index (χ2n) is 5.72. The summed E-state index contributed by atoms with van der Waals surface area (Å²) in [5.41, 5.74) is 2.06. The van der Waals surface area contributed by atoms with Gasteiger partial charge in [-0.25, -0.2) is 0 Å². The average Bonchev–Trinajstić information content (AvgIpc) is 3.20. The molecule has 138 valence electrons. The Morgan fingerprint density at radius 3 is 1.48 bits per heavy atom. The Labute approximate surface area is 163 Å². The molecular formula is C22H22N2O2S. The summed E-state index contributed by atoms with van der Waals surface area (Å²) in [6.07, 6.45) is 7.89.